The van der Waals surface area contributed by atoms with Crippen LogP contribution in [-0.2, 0) is 14.3 Å². The van der Waals surface area contributed by atoms with Gasteiger partial charge in [0.25, 0.3) is 0 Å². The number of rotatable bonds is 4. The highest BCUT2D eigenvalue weighted by Gasteiger charge is 2.70. The van der Waals surface area contributed by atoms with E-state index in [4.69, 9.17) is 9.47 Å². The third kappa shape index (κ3) is 4.18. The number of carboxylic acids is 1. The Kier molecular flexibility index (Phi) is 7.79. The number of hydrogen-bond donors (Lipinski definition) is 5. The van der Waals surface area contributed by atoms with Gasteiger partial charge in [0.05, 0.1) is 24.7 Å². The fraction of sp³-hybridized carbons (Fsp3) is 0.914. The minimum Gasteiger partial charge on any atom is -0.481 e. The molecule has 5 aliphatic carbocycles. The Hall–Kier alpha value is -1.03. The number of carbonyl (C=O) groups is 1. The second-order valence-electron chi connectivity index (χ2n) is 16.7. The lowest BCUT2D eigenvalue weighted by molar-refractivity contribution is -0.312. The first-order chi connectivity index (χ1) is 20.1. The van der Waals surface area contributed by atoms with Gasteiger partial charge in [-0.2, -0.15) is 0 Å². The molecule has 0 amide bonds. The van der Waals surface area contributed by atoms with Crippen molar-refractivity contribution in [3.63, 3.8) is 0 Å². The normalized spacial score (nSPS) is 56.6. The second kappa shape index (κ2) is 10.5. The van der Waals surface area contributed by atoms with Crippen LogP contribution in [0.2, 0.25) is 0 Å². The van der Waals surface area contributed by atoms with E-state index in [0.29, 0.717) is 24.2 Å². The fourth-order valence-corrected chi connectivity index (χ4v) is 12.1. The molecule has 0 aromatic rings. The van der Waals surface area contributed by atoms with Crippen molar-refractivity contribution in [1.82, 2.24) is 0 Å². The molecule has 244 valence electrons. The molecule has 15 atom stereocenters. The maximum Gasteiger partial charge on any atom is 0.310 e. The molecule has 0 radical (unpaired) electrons. The van der Waals surface area contributed by atoms with Gasteiger partial charge in [0.2, 0.25) is 0 Å². The molecule has 8 heteroatoms. The number of aliphatic hydroxyl groups is 4. The smallest absolute Gasteiger partial charge is 0.310 e. The Labute approximate surface area is 257 Å². The van der Waals surface area contributed by atoms with Crippen LogP contribution in [-0.4, -0.2) is 75.4 Å². The summed E-state index contributed by atoms with van der Waals surface area (Å²) < 4.78 is 12.0. The van der Waals surface area contributed by atoms with Gasteiger partial charge in [-0.3, -0.25) is 4.79 Å². The third-order valence-electron chi connectivity index (χ3n) is 15.3. The quantitative estimate of drug-likeness (QED) is 0.233. The van der Waals surface area contributed by atoms with Crippen LogP contribution < -0.4 is 0 Å². The summed E-state index contributed by atoms with van der Waals surface area (Å²) in [7, 11) is 0. The summed E-state index contributed by atoms with van der Waals surface area (Å²) in [5, 5.41) is 52.4. The average Bonchev–Trinajstić information content (AvgIpc) is 2.96. The SMILES string of the molecule is C[C@H]1[C@H](C)CC[C@]2(C(=O)O)CC[C@]3(C)C(=CC[C@@H]4[C@@]5(C)CC[C@H](O[C@@H]6OC[C@@H](O)[C@H](O)[C@H]6O)[C@](C)(CO)[C@@H]5CC[C@]43C)[C@H]12. The first-order valence-corrected chi connectivity index (χ1v) is 17.0. The maximum atomic E-state index is 13.0. The van der Waals surface area contributed by atoms with Gasteiger partial charge in [-0.15, -0.1) is 0 Å². The summed E-state index contributed by atoms with van der Waals surface area (Å²) in [5.74, 6) is 0.904. The Morgan fingerprint density at radius 3 is 2.35 bits per heavy atom. The predicted octanol–water partition coefficient (Wildman–Crippen LogP) is 4.53. The molecule has 1 saturated heterocycles. The van der Waals surface area contributed by atoms with E-state index in [1.165, 1.54) is 5.57 Å². The van der Waals surface area contributed by atoms with Crippen molar-refractivity contribution in [3.8, 4) is 0 Å². The van der Waals surface area contributed by atoms with Gasteiger partial charge in [0.15, 0.2) is 6.29 Å². The highest BCUT2D eigenvalue weighted by Crippen LogP contribution is 2.76. The summed E-state index contributed by atoms with van der Waals surface area (Å²) >= 11 is 0. The molecule has 43 heavy (non-hydrogen) atoms. The van der Waals surface area contributed by atoms with Crippen LogP contribution in [0.1, 0.15) is 99.3 Å². The predicted molar refractivity (Wildman–Crippen MR) is 161 cm³/mol. The third-order valence-corrected chi connectivity index (χ3v) is 15.3. The van der Waals surface area contributed by atoms with Crippen molar-refractivity contribution in [2.75, 3.05) is 13.2 Å². The van der Waals surface area contributed by atoms with E-state index in [1.54, 1.807) is 0 Å². The largest absolute Gasteiger partial charge is 0.481 e. The molecular formula is C35H56O8. The lowest BCUT2D eigenvalue weighted by Crippen LogP contribution is -2.67. The van der Waals surface area contributed by atoms with Crippen LogP contribution in [0.3, 0.4) is 0 Å². The fourth-order valence-electron chi connectivity index (χ4n) is 12.1. The van der Waals surface area contributed by atoms with E-state index in [0.717, 1.165) is 51.4 Å². The molecule has 6 rings (SSSR count). The van der Waals surface area contributed by atoms with Gasteiger partial charge >= 0.3 is 5.97 Å². The number of aliphatic hydroxyl groups excluding tert-OH is 4. The minimum atomic E-state index is -1.36. The van der Waals surface area contributed by atoms with Gasteiger partial charge in [0.1, 0.15) is 18.3 Å². The molecule has 0 aromatic heterocycles. The first-order valence-electron chi connectivity index (χ1n) is 17.0. The molecule has 8 nitrogen and oxygen atoms in total. The summed E-state index contributed by atoms with van der Waals surface area (Å²) in [4.78, 5) is 13.0. The number of aliphatic carboxylic acids is 1. The number of fused-ring (bicyclic) bond motifs is 7. The Balaban J connectivity index is 1.33. The lowest BCUT2D eigenvalue weighted by Gasteiger charge is -2.71. The van der Waals surface area contributed by atoms with Crippen molar-refractivity contribution in [3.05, 3.63) is 11.6 Å². The maximum absolute atomic E-state index is 13.0. The molecule has 0 aromatic carbocycles. The van der Waals surface area contributed by atoms with E-state index in [9.17, 15) is 30.3 Å². The van der Waals surface area contributed by atoms with E-state index < -0.39 is 41.4 Å². The monoisotopic (exact) mass is 604 g/mol. The average molecular weight is 605 g/mol. The van der Waals surface area contributed by atoms with Crippen molar-refractivity contribution in [2.24, 2.45) is 56.7 Å². The number of ether oxygens (including phenoxy) is 2. The highest BCUT2D eigenvalue weighted by molar-refractivity contribution is 5.76. The van der Waals surface area contributed by atoms with E-state index in [2.05, 4.69) is 47.6 Å². The van der Waals surface area contributed by atoms with Gasteiger partial charge in [-0.1, -0.05) is 53.2 Å². The molecule has 1 heterocycles. The molecule has 4 saturated carbocycles. The standard InChI is InChI=1S/C35H56O8/c1-19-9-14-35(30(40)41)16-15-33(5)21(26(35)20(19)2)7-8-24-31(3)12-11-25(43-29-28(39)27(38)22(37)17-42-29)32(4,18-36)23(31)10-13-34(24,33)6/h7,19-20,22-29,36-39H,8-18H2,1-6H3,(H,40,41)/t19-,20+,22-,23-,24-,25+,26+,27+,28-,29+,31+,32-,33-,34-,35+/m1/s1. The zero-order valence-electron chi connectivity index (χ0n) is 27.1. The highest BCUT2D eigenvalue weighted by atomic mass is 16.7. The topological polar surface area (TPSA) is 137 Å². The molecule has 0 bridgehead atoms. The zero-order chi connectivity index (χ0) is 31.3. The van der Waals surface area contributed by atoms with Crippen molar-refractivity contribution >= 4 is 5.97 Å². The van der Waals surface area contributed by atoms with E-state index in [1.807, 2.05) is 0 Å². The van der Waals surface area contributed by atoms with Gasteiger partial charge in [0, 0.05) is 5.41 Å². The Bertz CT molecular complexity index is 1140. The molecule has 0 spiro atoms. The van der Waals surface area contributed by atoms with Crippen LogP contribution >= 0.6 is 0 Å². The lowest BCUT2D eigenvalue weighted by atomic mass is 9.33. The van der Waals surface area contributed by atoms with Gasteiger partial charge < -0.3 is 35.0 Å². The summed E-state index contributed by atoms with van der Waals surface area (Å²) in [6, 6.07) is 0. The second-order valence-corrected chi connectivity index (χ2v) is 16.7. The van der Waals surface area contributed by atoms with E-state index >= 15 is 0 Å². The van der Waals surface area contributed by atoms with Crippen LogP contribution in [0.5, 0.6) is 0 Å². The number of allylic oxidation sites excluding steroid dienone is 2. The van der Waals surface area contributed by atoms with Crippen LogP contribution in [0, 0.1) is 56.7 Å². The summed E-state index contributed by atoms with van der Waals surface area (Å²) in [5.41, 5.74) is 0.0965. The molecule has 6 aliphatic rings. The van der Waals surface area contributed by atoms with Crippen molar-refractivity contribution < 1.29 is 39.8 Å². The minimum absolute atomic E-state index is 0.0143. The van der Waals surface area contributed by atoms with Crippen molar-refractivity contribution in [1.29, 1.82) is 0 Å². The molecular weight excluding hydrogens is 548 g/mol. The zero-order valence-corrected chi connectivity index (χ0v) is 27.1. The molecule has 1 aliphatic heterocycles. The Morgan fingerprint density at radius 1 is 0.953 bits per heavy atom. The number of carboxylic acid groups (broad SMARTS) is 1. The van der Waals surface area contributed by atoms with Crippen LogP contribution in [0.4, 0.5) is 0 Å². The van der Waals surface area contributed by atoms with Crippen LogP contribution in [0.15, 0.2) is 11.6 Å². The van der Waals surface area contributed by atoms with E-state index in [-0.39, 0.29) is 47.4 Å². The first kappa shape index (κ1) is 31.9. The summed E-state index contributed by atoms with van der Waals surface area (Å²) in [6.07, 6.45) is 5.14. The molecule has 5 N–H and O–H groups in total. The summed E-state index contributed by atoms with van der Waals surface area (Å²) in [6.45, 7) is 13.9. The van der Waals surface area contributed by atoms with Gasteiger partial charge in [-0.05, 0) is 104 Å². The van der Waals surface area contributed by atoms with Crippen LogP contribution in [0.25, 0.3) is 0 Å². The molecule has 0 unspecified atom stereocenters. The molecule has 5 fully saturated rings. The van der Waals surface area contributed by atoms with Crippen molar-refractivity contribution in [2.45, 2.75) is 130 Å². The number of hydrogen-bond acceptors (Lipinski definition) is 7. The Morgan fingerprint density at radius 2 is 1.67 bits per heavy atom. The van der Waals surface area contributed by atoms with Gasteiger partial charge in [-0.25, -0.2) is 0 Å².